The first-order chi connectivity index (χ1) is 13.5. The molecule has 1 saturated heterocycles. The van der Waals surface area contributed by atoms with Gasteiger partial charge in [-0.15, -0.1) is 11.3 Å². The van der Waals surface area contributed by atoms with Gasteiger partial charge in [-0.2, -0.15) is 0 Å². The fourth-order valence-electron chi connectivity index (χ4n) is 3.22. The fourth-order valence-corrected chi connectivity index (χ4v) is 4.28. The smallest absolute Gasteiger partial charge is 0.341 e. The molecular formula is C19H26N5O3S+. The van der Waals surface area contributed by atoms with E-state index in [1.54, 1.807) is 25.4 Å². The van der Waals surface area contributed by atoms with E-state index in [9.17, 15) is 9.59 Å². The molecule has 0 bridgehead atoms. The van der Waals surface area contributed by atoms with Crippen LogP contribution in [0.3, 0.4) is 0 Å². The maximum Gasteiger partial charge on any atom is 0.341 e. The predicted octanol–water partition coefficient (Wildman–Crippen LogP) is 0.675. The molecule has 1 aliphatic rings. The quantitative estimate of drug-likeness (QED) is 0.688. The SMILES string of the molecule is CCOC(=O)c1c(NC(=O)C[NH+]2CCN(c3ncccn3)CC2)sc(C)c1C. The Labute approximate surface area is 168 Å². The highest BCUT2D eigenvalue weighted by Gasteiger charge is 2.26. The lowest BCUT2D eigenvalue weighted by Crippen LogP contribution is -3.15. The summed E-state index contributed by atoms with van der Waals surface area (Å²) >= 11 is 1.42. The summed E-state index contributed by atoms with van der Waals surface area (Å²) in [4.78, 5) is 37.7. The highest BCUT2D eigenvalue weighted by molar-refractivity contribution is 7.16. The third-order valence-corrected chi connectivity index (χ3v) is 5.96. The third kappa shape index (κ3) is 4.66. The van der Waals surface area contributed by atoms with Crippen LogP contribution in [0, 0.1) is 13.8 Å². The van der Waals surface area contributed by atoms with Gasteiger partial charge in [-0.1, -0.05) is 0 Å². The number of thiophene rings is 1. The van der Waals surface area contributed by atoms with Gasteiger partial charge in [0.2, 0.25) is 5.95 Å². The molecule has 0 aromatic carbocycles. The summed E-state index contributed by atoms with van der Waals surface area (Å²) < 4.78 is 5.14. The van der Waals surface area contributed by atoms with Crippen LogP contribution in [-0.4, -0.2) is 61.2 Å². The van der Waals surface area contributed by atoms with Crippen LogP contribution in [-0.2, 0) is 9.53 Å². The lowest BCUT2D eigenvalue weighted by atomic mass is 10.1. The van der Waals surface area contributed by atoms with Crippen molar-refractivity contribution in [3.63, 3.8) is 0 Å². The van der Waals surface area contributed by atoms with Crippen molar-refractivity contribution in [2.75, 3.05) is 49.5 Å². The summed E-state index contributed by atoms with van der Waals surface area (Å²) in [5.41, 5.74) is 1.33. The number of rotatable bonds is 6. The number of nitrogens with one attached hydrogen (secondary N) is 2. The highest BCUT2D eigenvalue weighted by Crippen LogP contribution is 2.32. The van der Waals surface area contributed by atoms with Crippen LogP contribution in [0.15, 0.2) is 18.5 Å². The average molecular weight is 405 g/mol. The molecule has 8 nitrogen and oxygen atoms in total. The summed E-state index contributed by atoms with van der Waals surface area (Å²) in [6.07, 6.45) is 3.47. The largest absolute Gasteiger partial charge is 0.462 e. The van der Waals surface area contributed by atoms with Crippen LogP contribution in [0.4, 0.5) is 10.9 Å². The second kappa shape index (κ2) is 9.11. The molecule has 150 valence electrons. The molecule has 1 amide bonds. The van der Waals surface area contributed by atoms with Crippen LogP contribution in [0.25, 0.3) is 0 Å². The molecular weight excluding hydrogens is 378 g/mol. The number of hydrogen-bond acceptors (Lipinski definition) is 7. The molecule has 2 aromatic heterocycles. The van der Waals surface area contributed by atoms with Crippen LogP contribution in [0.1, 0.15) is 27.7 Å². The number of carbonyl (C=O) groups excluding carboxylic acids is 2. The van der Waals surface area contributed by atoms with Crippen LogP contribution < -0.4 is 15.1 Å². The number of piperazine rings is 1. The first kappa shape index (κ1) is 20.2. The number of aromatic nitrogens is 2. The van der Waals surface area contributed by atoms with Gasteiger partial charge >= 0.3 is 5.97 Å². The van der Waals surface area contributed by atoms with Gasteiger partial charge < -0.3 is 19.9 Å². The second-order valence-corrected chi connectivity index (χ2v) is 7.94. The summed E-state index contributed by atoms with van der Waals surface area (Å²) in [6, 6.07) is 1.80. The van der Waals surface area contributed by atoms with Gasteiger partial charge in [0.1, 0.15) is 5.00 Å². The first-order valence-corrected chi connectivity index (χ1v) is 10.2. The number of hydrogen-bond donors (Lipinski definition) is 2. The van der Waals surface area contributed by atoms with Crippen LogP contribution in [0.5, 0.6) is 0 Å². The maximum atomic E-state index is 12.6. The molecule has 2 aromatic rings. The van der Waals surface area contributed by atoms with Crippen molar-refractivity contribution < 1.29 is 19.2 Å². The zero-order valence-electron chi connectivity index (χ0n) is 16.4. The van der Waals surface area contributed by atoms with Gasteiger partial charge in [0.15, 0.2) is 6.54 Å². The summed E-state index contributed by atoms with van der Waals surface area (Å²) in [5.74, 6) is 0.254. The average Bonchev–Trinajstić information content (AvgIpc) is 2.96. The summed E-state index contributed by atoms with van der Waals surface area (Å²) in [7, 11) is 0. The normalized spacial score (nSPS) is 14.8. The number of nitrogens with zero attached hydrogens (tertiary/aromatic N) is 3. The van der Waals surface area contributed by atoms with Crippen LogP contribution >= 0.6 is 11.3 Å². The minimum atomic E-state index is -0.386. The second-order valence-electron chi connectivity index (χ2n) is 6.72. The Balaban J connectivity index is 1.57. The van der Waals surface area contributed by atoms with Gasteiger partial charge in [-0.25, -0.2) is 14.8 Å². The van der Waals surface area contributed by atoms with Crippen molar-refractivity contribution in [3.05, 3.63) is 34.5 Å². The van der Waals surface area contributed by atoms with Gasteiger partial charge in [-0.05, 0) is 32.4 Å². The Morgan fingerprint density at radius 1 is 1.25 bits per heavy atom. The number of esters is 1. The minimum Gasteiger partial charge on any atom is -0.462 e. The highest BCUT2D eigenvalue weighted by atomic mass is 32.1. The number of anilines is 2. The van der Waals surface area contributed by atoms with Gasteiger partial charge in [0, 0.05) is 17.3 Å². The summed E-state index contributed by atoms with van der Waals surface area (Å²) in [6.45, 7) is 9.53. The van der Waals surface area contributed by atoms with Crippen molar-refractivity contribution in [2.45, 2.75) is 20.8 Å². The Kier molecular flexibility index (Phi) is 6.58. The van der Waals surface area contributed by atoms with E-state index in [0.29, 0.717) is 23.7 Å². The van der Waals surface area contributed by atoms with Crippen molar-refractivity contribution in [2.24, 2.45) is 0 Å². The van der Waals surface area contributed by atoms with Crippen molar-refractivity contribution in [3.8, 4) is 0 Å². The van der Waals surface area contributed by atoms with Gasteiger partial charge in [0.05, 0.1) is 38.3 Å². The minimum absolute atomic E-state index is 0.0915. The zero-order valence-corrected chi connectivity index (χ0v) is 17.3. The molecule has 0 saturated carbocycles. The predicted molar refractivity (Wildman–Crippen MR) is 108 cm³/mol. The lowest BCUT2D eigenvalue weighted by Gasteiger charge is -2.31. The Morgan fingerprint density at radius 2 is 1.93 bits per heavy atom. The molecule has 28 heavy (non-hydrogen) atoms. The first-order valence-electron chi connectivity index (χ1n) is 9.42. The molecule has 9 heteroatoms. The lowest BCUT2D eigenvalue weighted by molar-refractivity contribution is -0.892. The molecule has 3 heterocycles. The number of quaternary nitrogens is 1. The Hall–Kier alpha value is -2.52. The monoisotopic (exact) mass is 404 g/mol. The van der Waals surface area contributed by atoms with E-state index in [2.05, 4.69) is 20.2 Å². The number of amides is 1. The molecule has 3 rings (SSSR count). The van der Waals surface area contributed by atoms with E-state index in [4.69, 9.17) is 4.74 Å². The van der Waals surface area contributed by atoms with E-state index in [1.165, 1.54) is 16.2 Å². The molecule has 0 atom stereocenters. The molecule has 0 spiro atoms. The third-order valence-electron chi connectivity index (χ3n) is 4.83. The zero-order chi connectivity index (χ0) is 20.1. The topological polar surface area (TPSA) is 88.9 Å². The maximum absolute atomic E-state index is 12.6. The fraction of sp³-hybridized carbons (Fsp3) is 0.474. The van der Waals surface area contributed by atoms with Gasteiger partial charge in [-0.3, -0.25) is 4.79 Å². The van der Waals surface area contributed by atoms with Crippen molar-refractivity contribution in [1.29, 1.82) is 0 Å². The van der Waals surface area contributed by atoms with E-state index in [1.807, 2.05) is 13.8 Å². The Bertz CT molecular complexity index is 832. The molecule has 0 radical (unpaired) electrons. The number of ether oxygens (including phenoxy) is 1. The molecule has 1 aliphatic heterocycles. The van der Waals surface area contributed by atoms with E-state index >= 15 is 0 Å². The van der Waals surface area contributed by atoms with Gasteiger partial charge in [0.25, 0.3) is 5.91 Å². The van der Waals surface area contributed by atoms with Crippen LogP contribution in [0.2, 0.25) is 0 Å². The van der Waals surface area contributed by atoms with Crippen molar-refractivity contribution in [1.82, 2.24) is 9.97 Å². The Morgan fingerprint density at radius 3 is 2.57 bits per heavy atom. The summed E-state index contributed by atoms with van der Waals surface area (Å²) in [5, 5.41) is 3.50. The molecule has 2 N–H and O–H groups in total. The van der Waals surface area contributed by atoms with E-state index < -0.39 is 0 Å². The number of carbonyl (C=O) groups is 2. The molecule has 0 aliphatic carbocycles. The van der Waals surface area contributed by atoms with E-state index in [0.717, 1.165) is 42.6 Å². The molecule has 1 fully saturated rings. The number of aryl methyl sites for hydroxylation is 1. The molecule has 0 unspecified atom stereocenters. The standard InChI is InChI=1S/C19H25N5O3S/c1-4-27-18(26)16-13(2)14(3)28-17(16)22-15(25)12-23-8-10-24(11-9-23)19-20-6-5-7-21-19/h5-7H,4,8-12H2,1-3H3,(H,22,25)/p+1. The van der Waals surface area contributed by atoms with Crippen molar-refractivity contribution >= 4 is 34.2 Å². The van der Waals surface area contributed by atoms with E-state index in [-0.39, 0.29) is 11.9 Å².